The molecule has 0 bridgehead atoms. The number of carbonyl (C=O) groups excluding carboxylic acids is 2. The molecule has 3 amide bonds. The maximum atomic E-state index is 13.4. The van der Waals surface area contributed by atoms with Crippen molar-refractivity contribution in [2.24, 2.45) is 0 Å². The molecule has 0 saturated carbocycles. The number of rotatable bonds is 22. The summed E-state index contributed by atoms with van der Waals surface area (Å²) in [6.45, 7) is 2.06. The zero-order chi connectivity index (χ0) is 37.1. The largest absolute Gasteiger partial charge is 0.465 e. The molecule has 4 aromatic rings. The predicted molar refractivity (Wildman–Crippen MR) is 210 cm³/mol. The first kappa shape index (κ1) is 39.1. The van der Waals surface area contributed by atoms with Crippen molar-refractivity contribution in [1.29, 1.82) is 0 Å². The number of unbranched alkanes of at least 4 members (excludes halogenated alkanes) is 8. The van der Waals surface area contributed by atoms with Gasteiger partial charge in [0.05, 0.1) is 0 Å². The molecule has 0 aliphatic heterocycles. The van der Waals surface area contributed by atoms with Gasteiger partial charge in [-0.2, -0.15) is 0 Å². The Kier molecular flexibility index (Phi) is 15.8. The van der Waals surface area contributed by atoms with Gasteiger partial charge in [0.1, 0.15) is 6.04 Å². The highest BCUT2D eigenvalue weighted by Gasteiger charge is 2.32. The van der Waals surface area contributed by atoms with E-state index in [0.717, 1.165) is 72.0 Å². The summed E-state index contributed by atoms with van der Waals surface area (Å²) in [6.07, 6.45) is 8.94. The lowest BCUT2D eigenvalue weighted by Crippen LogP contribution is -2.48. The molecule has 0 heterocycles. The number of carbonyl (C=O) groups is 3. The van der Waals surface area contributed by atoms with Crippen molar-refractivity contribution in [3.63, 3.8) is 0 Å². The minimum absolute atomic E-state index is 0.153. The maximum absolute atomic E-state index is 13.4. The van der Waals surface area contributed by atoms with E-state index >= 15 is 0 Å². The summed E-state index contributed by atoms with van der Waals surface area (Å²) in [4.78, 5) is 37.8. The highest BCUT2D eigenvalue weighted by atomic mass is 16.6. The Bertz CT molecular complexity index is 1670. The number of alkyl carbamates (subject to hydrolysis) is 1. The van der Waals surface area contributed by atoms with E-state index in [1.807, 2.05) is 109 Å². The summed E-state index contributed by atoms with van der Waals surface area (Å²) in [7, 11) is 0. The summed E-state index contributed by atoms with van der Waals surface area (Å²) < 4.78 is 5.99. The molecule has 5 rings (SSSR count). The molecular weight excluding hydrogens is 665 g/mol. The van der Waals surface area contributed by atoms with Gasteiger partial charge >= 0.3 is 12.2 Å². The highest BCUT2D eigenvalue weighted by molar-refractivity contribution is 5.86. The van der Waals surface area contributed by atoms with Gasteiger partial charge in [-0.25, -0.2) is 9.59 Å². The average molecular weight is 719 g/mol. The van der Waals surface area contributed by atoms with E-state index in [0.29, 0.717) is 25.9 Å². The summed E-state index contributed by atoms with van der Waals surface area (Å²) in [6, 6.07) is 34.7. The number of ether oxygens (including phenoxy) is 1. The van der Waals surface area contributed by atoms with Gasteiger partial charge in [0.15, 0.2) is 6.10 Å². The van der Waals surface area contributed by atoms with E-state index in [4.69, 9.17) is 4.74 Å². The minimum atomic E-state index is -0.991. The molecule has 0 saturated heterocycles. The second kappa shape index (κ2) is 21.4. The summed E-state index contributed by atoms with van der Waals surface area (Å²) >= 11 is 0. The van der Waals surface area contributed by atoms with Gasteiger partial charge in [0, 0.05) is 36.7 Å². The van der Waals surface area contributed by atoms with Crippen molar-refractivity contribution >= 4 is 18.1 Å². The Labute approximate surface area is 313 Å². The van der Waals surface area contributed by atoms with Crippen LogP contribution < -0.4 is 21.3 Å². The van der Waals surface area contributed by atoms with Crippen molar-refractivity contribution in [2.45, 2.75) is 88.8 Å². The lowest BCUT2D eigenvalue weighted by atomic mass is 10.0. The van der Waals surface area contributed by atoms with Crippen molar-refractivity contribution in [3.8, 4) is 11.1 Å². The number of amides is 3. The third kappa shape index (κ3) is 12.8. The van der Waals surface area contributed by atoms with Gasteiger partial charge < -0.3 is 31.1 Å². The summed E-state index contributed by atoms with van der Waals surface area (Å²) in [5.74, 6) is -0.211. The molecule has 5 N–H and O–H groups in total. The predicted octanol–water partition coefficient (Wildman–Crippen LogP) is 8.19. The summed E-state index contributed by atoms with van der Waals surface area (Å²) in [5, 5.41) is 21.1. The third-order valence-corrected chi connectivity index (χ3v) is 9.77. The number of hydrogen-bond donors (Lipinski definition) is 5. The second-order valence-corrected chi connectivity index (χ2v) is 13.9. The van der Waals surface area contributed by atoms with Crippen LogP contribution in [0.3, 0.4) is 0 Å². The van der Waals surface area contributed by atoms with Gasteiger partial charge in [0.25, 0.3) is 0 Å². The summed E-state index contributed by atoms with van der Waals surface area (Å²) in [5.41, 5.74) is 6.08. The fourth-order valence-electron chi connectivity index (χ4n) is 7.05. The van der Waals surface area contributed by atoms with Crippen LogP contribution in [-0.4, -0.2) is 54.9 Å². The van der Waals surface area contributed by atoms with E-state index in [9.17, 15) is 19.5 Å². The molecule has 280 valence electrons. The number of fused-ring (bicyclic) bond motifs is 3. The third-order valence-electron chi connectivity index (χ3n) is 9.77. The van der Waals surface area contributed by atoms with Crippen LogP contribution in [0, 0.1) is 0 Å². The Morgan fingerprint density at radius 3 is 1.64 bits per heavy atom. The Hall–Kier alpha value is -5.15. The van der Waals surface area contributed by atoms with E-state index < -0.39 is 24.3 Å². The molecule has 2 atom stereocenters. The molecule has 4 aromatic carbocycles. The molecule has 9 heteroatoms. The first-order valence-electron chi connectivity index (χ1n) is 19.2. The standard InChI is InChI=1S/C44H54N4O5/c49-42(46-29-19-7-5-3-1-2-4-6-18-28-45-32-35(47-43(50)51)30-33-20-10-8-11-21-33)40(31-34-22-12-9-13-23-34)48-44(52)53-41-38-26-16-14-24-36(38)37-25-15-17-27-39(37)41/h8-17,20-27,35,40-41,45,47H,1-7,18-19,28-32H2,(H,46,49)(H,48,52)(H,50,51). The normalized spacial score (nSPS) is 13.0. The monoisotopic (exact) mass is 718 g/mol. The van der Waals surface area contributed by atoms with E-state index in [-0.39, 0.29) is 11.9 Å². The fraction of sp³-hybridized carbons (Fsp3) is 0.386. The molecule has 1 aliphatic carbocycles. The number of nitrogens with one attached hydrogen (secondary N) is 4. The molecule has 0 spiro atoms. The molecular formula is C44H54N4O5. The second-order valence-electron chi connectivity index (χ2n) is 13.9. The lowest BCUT2D eigenvalue weighted by Gasteiger charge is -2.21. The van der Waals surface area contributed by atoms with Gasteiger partial charge in [-0.3, -0.25) is 4.79 Å². The Morgan fingerprint density at radius 2 is 1.08 bits per heavy atom. The molecule has 1 aliphatic rings. The SMILES string of the molecule is O=C(O)NC(CNCCCCCCCCCCCNC(=O)C(Cc1ccccc1)NC(=O)OC1c2ccccc2-c2ccccc21)Cc1ccccc1. The molecule has 0 fully saturated rings. The van der Waals surface area contributed by atoms with Crippen LogP contribution in [0.2, 0.25) is 0 Å². The maximum Gasteiger partial charge on any atom is 0.408 e. The quantitative estimate of drug-likeness (QED) is 0.0522. The average Bonchev–Trinajstić information content (AvgIpc) is 3.48. The first-order chi connectivity index (χ1) is 26.0. The Balaban J connectivity index is 0.944. The van der Waals surface area contributed by atoms with Gasteiger partial charge in [-0.1, -0.05) is 154 Å². The van der Waals surface area contributed by atoms with Crippen LogP contribution in [0.1, 0.15) is 86.1 Å². The van der Waals surface area contributed by atoms with Crippen LogP contribution in [-0.2, 0) is 22.4 Å². The first-order valence-corrected chi connectivity index (χ1v) is 19.2. The van der Waals surface area contributed by atoms with Crippen molar-refractivity contribution < 1.29 is 24.2 Å². The number of carboxylic acid groups (broad SMARTS) is 1. The van der Waals surface area contributed by atoms with E-state index in [1.165, 1.54) is 25.7 Å². The topological polar surface area (TPSA) is 129 Å². The molecule has 2 unspecified atom stereocenters. The fourth-order valence-corrected chi connectivity index (χ4v) is 7.05. The molecule has 53 heavy (non-hydrogen) atoms. The van der Waals surface area contributed by atoms with Crippen molar-refractivity contribution in [3.05, 3.63) is 131 Å². The van der Waals surface area contributed by atoms with Crippen molar-refractivity contribution in [2.75, 3.05) is 19.6 Å². The van der Waals surface area contributed by atoms with Gasteiger partial charge in [-0.15, -0.1) is 0 Å². The van der Waals surface area contributed by atoms with Gasteiger partial charge in [0.2, 0.25) is 5.91 Å². The molecule has 9 nitrogen and oxygen atoms in total. The molecule has 0 radical (unpaired) electrons. The number of hydrogen-bond acceptors (Lipinski definition) is 5. The van der Waals surface area contributed by atoms with Crippen LogP contribution in [0.25, 0.3) is 11.1 Å². The zero-order valence-corrected chi connectivity index (χ0v) is 30.6. The molecule has 0 aromatic heterocycles. The lowest BCUT2D eigenvalue weighted by molar-refractivity contribution is -0.123. The van der Waals surface area contributed by atoms with E-state index in [1.54, 1.807) is 0 Å². The van der Waals surface area contributed by atoms with E-state index in [2.05, 4.69) is 21.3 Å². The Morgan fingerprint density at radius 1 is 0.585 bits per heavy atom. The zero-order valence-electron chi connectivity index (χ0n) is 30.6. The van der Waals surface area contributed by atoms with Crippen LogP contribution >= 0.6 is 0 Å². The smallest absolute Gasteiger partial charge is 0.408 e. The van der Waals surface area contributed by atoms with Crippen LogP contribution in [0.15, 0.2) is 109 Å². The minimum Gasteiger partial charge on any atom is -0.465 e. The van der Waals surface area contributed by atoms with Crippen molar-refractivity contribution in [1.82, 2.24) is 21.3 Å². The number of benzene rings is 4. The van der Waals surface area contributed by atoms with Crippen LogP contribution in [0.5, 0.6) is 0 Å². The van der Waals surface area contributed by atoms with Gasteiger partial charge in [-0.05, 0) is 48.1 Å². The van der Waals surface area contributed by atoms with Crippen LogP contribution in [0.4, 0.5) is 9.59 Å². The highest BCUT2D eigenvalue weighted by Crippen LogP contribution is 2.45.